The molecule has 1 amide bonds. The van der Waals surface area contributed by atoms with E-state index in [0.717, 1.165) is 34.5 Å². The number of thiazole rings is 1. The Morgan fingerprint density at radius 2 is 2.12 bits per heavy atom. The number of morpholine rings is 1. The van der Waals surface area contributed by atoms with Gasteiger partial charge in [-0.25, -0.2) is 9.97 Å². The Balaban J connectivity index is 1.40. The summed E-state index contributed by atoms with van der Waals surface area (Å²) in [5, 5.41) is 16.2. The first-order valence-electron chi connectivity index (χ1n) is 9.94. The predicted octanol–water partition coefficient (Wildman–Crippen LogP) is 3.67. The van der Waals surface area contributed by atoms with Gasteiger partial charge < -0.3 is 15.0 Å². The lowest BCUT2D eigenvalue weighted by Crippen LogP contribution is -2.36. The second kappa shape index (κ2) is 10.1. The van der Waals surface area contributed by atoms with Gasteiger partial charge in [0.25, 0.3) is 11.6 Å². The lowest BCUT2D eigenvalue weighted by atomic mass is 10.2. The lowest BCUT2D eigenvalue weighted by Gasteiger charge is -2.27. The van der Waals surface area contributed by atoms with Gasteiger partial charge in [0.05, 0.1) is 23.0 Å². The predicted molar refractivity (Wildman–Crippen MR) is 123 cm³/mol. The molecule has 11 heteroatoms. The van der Waals surface area contributed by atoms with E-state index in [1.54, 1.807) is 18.3 Å². The van der Waals surface area contributed by atoms with E-state index in [4.69, 9.17) is 4.74 Å². The number of aryl methyl sites for hydroxylation is 1. The number of nitrogens with zero attached hydrogens (tertiary/aromatic N) is 4. The van der Waals surface area contributed by atoms with Crippen molar-refractivity contribution in [1.29, 1.82) is 0 Å². The normalized spacial score (nSPS) is 13.7. The molecule has 1 aliphatic rings. The van der Waals surface area contributed by atoms with Crippen molar-refractivity contribution in [3.8, 4) is 0 Å². The van der Waals surface area contributed by atoms with Crippen molar-refractivity contribution in [1.82, 2.24) is 15.3 Å². The van der Waals surface area contributed by atoms with Crippen LogP contribution in [0, 0.1) is 17.0 Å². The molecule has 0 bridgehead atoms. The van der Waals surface area contributed by atoms with Gasteiger partial charge in [-0.1, -0.05) is 17.8 Å². The molecule has 0 atom stereocenters. The molecule has 0 radical (unpaired) electrons. The average molecular weight is 472 g/mol. The van der Waals surface area contributed by atoms with Crippen LogP contribution < -0.4 is 10.2 Å². The first-order valence-corrected chi connectivity index (χ1v) is 11.6. The number of hydrogen-bond acceptors (Lipinski definition) is 9. The van der Waals surface area contributed by atoms with Crippen LogP contribution in [-0.2, 0) is 11.3 Å². The standard InChI is InChI=1S/C21H21N5O4S2/c1-14-13-31-21(24-14)32-18-4-3-16(10-17(18)26(28)29)20(27)23-12-15-2-5-19(22-11-15)25-6-8-30-9-7-25/h2-5,10-11,13H,6-9,12H2,1H3,(H,23,27). The van der Waals surface area contributed by atoms with E-state index >= 15 is 0 Å². The quantitative estimate of drug-likeness (QED) is 0.410. The third-order valence-electron chi connectivity index (χ3n) is 4.81. The monoisotopic (exact) mass is 471 g/mol. The molecule has 1 fully saturated rings. The van der Waals surface area contributed by atoms with Gasteiger partial charge in [-0.05, 0) is 30.7 Å². The van der Waals surface area contributed by atoms with E-state index in [-0.39, 0.29) is 23.7 Å². The molecule has 0 spiro atoms. The minimum atomic E-state index is -0.478. The third-order valence-corrected chi connectivity index (χ3v) is 6.93. The van der Waals surface area contributed by atoms with Crippen LogP contribution in [0.5, 0.6) is 0 Å². The van der Waals surface area contributed by atoms with Crippen LogP contribution in [-0.4, -0.2) is 47.1 Å². The van der Waals surface area contributed by atoms with Crippen LogP contribution in [0.1, 0.15) is 21.6 Å². The number of benzene rings is 1. The van der Waals surface area contributed by atoms with Crippen molar-refractivity contribution in [3.05, 3.63) is 68.8 Å². The summed E-state index contributed by atoms with van der Waals surface area (Å²) in [5.74, 6) is 0.495. The van der Waals surface area contributed by atoms with Gasteiger partial charge in [0.1, 0.15) is 5.82 Å². The maximum Gasteiger partial charge on any atom is 0.284 e. The van der Waals surface area contributed by atoms with Crippen LogP contribution >= 0.6 is 23.1 Å². The molecule has 1 aliphatic heterocycles. The first kappa shape index (κ1) is 22.2. The van der Waals surface area contributed by atoms with Crippen molar-refractivity contribution in [2.24, 2.45) is 0 Å². The molecule has 0 saturated carbocycles. The average Bonchev–Trinajstić information content (AvgIpc) is 3.23. The molecule has 32 heavy (non-hydrogen) atoms. The van der Waals surface area contributed by atoms with Crippen LogP contribution in [0.25, 0.3) is 0 Å². The number of rotatable bonds is 7. The molecule has 3 heterocycles. The Hall–Kier alpha value is -3.02. The highest BCUT2D eigenvalue weighted by Crippen LogP contribution is 2.36. The summed E-state index contributed by atoms with van der Waals surface area (Å²) >= 11 is 2.65. The topological polar surface area (TPSA) is 110 Å². The maximum atomic E-state index is 12.6. The summed E-state index contributed by atoms with van der Waals surface area (Å²) in [6.45, 7) is 5.13. The number of anilines is 1. The zero-order chi connectivity index (χ0) is 22.5. The van der Waals surface area contributed by atoms with Gasteiger partial charge in [-0.2, -0.15) is 0 Å². The molecule has 2 aromatic heterocycles. The second-order valence-corrected chi connectivity index (χ2v) is 9.25. The van der Waals surface area contributed by atoms with Gasteiger partial charge in [0, 0.05) is 48.5 Å². The van der Waals surface area contributed by atoms with E-state index in [0.29, 0.717) is 18.1 Å². The minimum Gasteiger partial charge on any atom is -0.378 e. The number of nitrogens with one attached hydrogen (secondary N) is 1. The van der Waals surface area contributed by atoms with Gasteiger partial charge in [-0.3, -0.25) is 14.9 Å². The summed E-state index contributed by atoms with van der Waals surface area (Å²) in [7, 11) is 0. The highest BCUT2D eigenvalue weighted by molar-refractivity contribution is 8.01. The minimum absolute atomic E-state index is 0.118. The van der Waals surface area contributed by atoms with Crippen molar-refractivity contribution >= 4 is 40.5 Å². The molecule has 1 N–H and O–H groups in total. The number of hydrogen-bond donors (Lipinski definition) is 1. The Labute approximate surface area is 193 Å². The van der Waals surface area contributed by atoms with E-state index < -0.39 is 4.92 Å². The molecule has 1 saturated heterocycles. The summed E-state index contributed by atoms with van der Waals surface area (Å²) in [6, 6.07) is 8.32. The van der Waals surface area contributed by atoms with Crippen molar-refractivity contribution in [2.45, 2.75) is 22.7 Å². The molecule has 1 aromatic carbocycles. The van der Waals surface area contributed by atoms with Gasteiger partial charge >= 0.3 is 0 Å². The molecule has 0 aliphatic carbocycles. The third kappa shape index (κ3) is 5.42. The van der Waals surface area contributed by atoms with E-state index in [1.165, 1.54) is 29.2 Å². The largest absolute Gasteiger partial charge is 0.378 e. The van der Waals surface area contributed by atoms with Gasteiger partial charge in [-0.15, -0.1) is 11.3 Å². The Morgan fingerprint density at radius 3 is 2.78 bits per heavy atom. The van der Waals surface area contributed by atoms with Crippen molar-refractivity contribution in [2.75, 3.05) is 31.2 Å². The van der Waals surface area contributed by atoms with Crippen molar-refractivity contribution < 1.29 is 14.5 Å². The van der Waals surface area contributed by atoms with Crippen molar-refractivity contribution in [3.63, 3.8) is 0 Å². The van der Waals surface area contributed by atoms with Crippen LogP contribution in [0.4, 0.5) is 11.5 Å². The number of pyridine rings is 1. The fourth-order valence-corrected chi connectivity index (χ4v) is 5.02. The zero-order valence-electron chi connectivity index (χ0n) is 17.3. The summed E-state index contributed by atoms with van der Waals surface area (Å²) < 4.78 is 6.07. The Kier molecular flexibility index (Phi) is 6.98. The highest BCUT2D eigenvalue weighted by atomic mass is 32.2. The van der Waals surface area contributed by atoms with Crippen LogP contribution in [0.3, 0.4) is 0 Å². The smallest absolute Gasteiger partial charge is 0.284 e. The number of ether oxygens (including phenoxy) is 1. The number of nitro benzene ring substituents is 1. The Bertz CT molecular complexity index is 1110. The number of aromatic nitrogens is 2. The maximum absolute atomic E-state index is 12.6. The molecule has 0 unspecified atom stereocenters. The zero-order valence-corrected chi connectivity index (χ0v) is 18.9. The lowest BCUT2D eigenvalue weighted by molar-refractivity contribution is -0.387. The van der Waals surface area contributed by atoms with E-state index in [1.807, 2.05) is 24.4 Å². The molecule has 166 valence electrons. The number of nitro groups is 1. The number of carbonyl (C=O) groups excluding carboxylic acids is 1. The fraction of sp³-hybridized carbons (Fsp3) is 0.286. The first-order chi connectivity index (χ1) is 15.5. The van der Waals surface area contributed by atoms with Gasteiger partial charge in [0.15, 0.2) is 4.34 Å². The highest BCUT2D eigenvalue weighted by Gasteiger charge is 2.19. The number of amides is 1. The number of carbonyl (C=O) groups is 1. The Morgan fingerprint density at radius 1 is 1.31 bits per heavy atom. The van der Waals surface area contributed by atoms with Crippen LogP contribution in [0.2, 0.25) is 0 Å². The summed E-state index contributed by atoms with van der Waals surface area (Å²) in [5.41, 5.74) is 1.82. The summed E-state index contributed by atoms with van der Waals surface area (Å²) in [6.07, 6.45) is 1.73. The van der Waals surface area contributed by atoms with E-state index in [2.05, 4.69) is 20.2 Å². The fourth-order valence-electron chi connectivity index (χ4n) is 3.15. The van der Waals surface area contributed by atoms with Crippen LogP contribution in [0.15, 0.2) is 51.1 Å². The van der Waals surface area contributed by atoms with Gasteiger partial charge in [0.2, 0.25) is 0 Å². The molecule has 4 rings (SSSR count). The van der Waals surface area contributed by atoms with E-state index in [9.17, 15) is 14.9 Å². The summed E-state index contributed by atoms with van der Waals surface area (Å²) in [4.78, 5) is 35.1. The SMILES string of the molecule is Cc1csc(Sc2ccc(C(=O)NCc3ccc(N4CCOCC4)nc3)cc2[N+](=O)[O-])n1. The molecular weight excluding hydrogens is 450 g/mol. The molecule has 9 nitrogen and oxygen atoms in total. The molecular formula is C21H21N5O4S2. The molecule has 3 aromatic rings. The second-order valence-electron chi connectivity index (χ2n) is 7.10.